The minimum atomic E-state index is -0.459. The standard InChI is InChI=1S/C21H21N5O3/c27-21(22-11-4-12-24-13-9-16-5-1-2-8-20(16)24)19-10-14-25(23-19)17-6-3-7-18(15-17)26(28)29/h1-3,5-8,10,14-15H,4,9,11-13H2,(H,22,27). The molecule has 0 unspecified atom stereocenters. The molecular weight excluding hydrogens is 370 g/mol. The van der Waals surface area contributed by atoms with Gasteiger partial charge in [0.05, 0.1) is 10.6 Å². The molecule has 1 aromatic heterocycles. The van der Waals surface area contributed by atoms with E-state index in [0.717, 1.165) is 25.9 Å². The quantitative estimate of drug-likeness (QED) is 0.380. The van der Waals surface area contributed by atoms with Crippen molar-refractivity contribution in [3.05, 3.63) is 82.2 Å². The van der Waals surface area contributed by atoms with E-state index in [1.165, 1.54) is 28.1 Å². The maximum Gasteiger partial charge on any atom is 0.271 e. The number of aromatic nitrogens is 2. The predicted molar refractivity (Wildman–Crippen MR) is 110 cm³/mol. The van der Waals surface area contributed by atoms with Crippen molar-refractivity contribution in [3.8, 4) is 5.69 Å². The molecule has 2 heterocycles. The third kappa shape index (κ3) is 4.11. The number of nitrogens with zero attached hydrogens (tertiary/aromatic N) is 4. The van der Waals surface area contributed by atoms with E-state index in [1.54, 1.807) is 24.4 Å². The summed E-state index contributed by atoms with van der Waals surface area (Å²) in [7, 11) is 0. The molecule has 0 spiro atoms. The molecule has 0 fully saturated rings. The van der Waals surface area contributed by atoms with Gasteiger partial charge in [-0.15, -0.1) is 0 Å². The van der Waals surface area contributed by atoms with E-state index >= 15 is 0 Å². The number of carbonyl (C=O) groups is 1. The third-order valence-electron chi connectivity index (χ3n) is 5.00. The van der Waals surface area contributed by atoms with Crippen LogP contribution in [0.5, 0.6) is 0 Å². The van der Waals surface area contributed by atoms with E-state index in [0.29, 0.717) is 12.2 Å². The van der Waals surface area contributed by atoms with Gasteiger partial charge in [-0.05, 0) is 36.6 Å². The van der Waals surface area contributed by atoms with Gasteiger partial charge in [0, 0.05) is 43.7 Å². The normalized spacial score (nSPS) is 12.6. The molecule has 8 nitrogen and oxygen atoms in total. The molecule has 1 aliphatic heterocycles. The van der Waals surface area contributed by atoms with Crippen molar-refractivity contribution in [2.75, 3.05) is 24.5 Å². The lowest BCUT2D eigenvalue weighted by Gasteiger charge is -2.19. The molecule has 0 bridgehead atoms. The highest BCUT2D eigenvalue weighted by atomic mass is 16.6. The first-order valence-electron chi connectivity index (χ1n) is 9.53. The Labute approximate surface area is 167 Å². The van der Waals surface area contributed by atoms with Crippen LogP contribution in [-0.2, 0) is 6.42 Å². The van der Waals surface area contributed by atoms with E-state index in [9.17, 15) is 14.9 Å². The first-order chi connectivity index (χ1) is 14.1. The molecule has 1 aliphatic rings. The van der Waals surface area contributed by atoms with Gasteiger partial charge in [-0.3, -0.25) is 14.9 Å². The SMILES string of the molecule is O=C(NCCCN1CCc2ccccc21)c1ccn(-c2cccc([N+](=O)[O-])c2)n1. The highest BCUT2D eigenvalue weighted by Crippen LogP contribution is 2.27. The topological polar surface area (TPSA) is 93.3 Å². The maximum absolute atomic E-state index is 12.4. The van der Waals surface area contributed by atoms with Crippen LogP contribution in [0.3, 0.4) is 0 Å². The highest BCUT2D eigenvalue weighted by Gasteiger charge is 2.17. The van der Waals surface area contributed by atoms with Crippen LogP contribution in [0, 0.1) is 10.1 Å². The minimum absolute atomic E-state index is 0.0208. The van der Waals surface area contributed by atoms with Crippen molar-refractivity contribution in [2.24, 2.45) is 0 Å². The Hall–Kier alpha value is -3.68. The number of amides is 1. The van der Waals surface area contributed by atoms with Crippen molar-refractivity contribution in [2.45, 2.75) is 12.8 Å². The fourth-order valence-electron chi connectivity index (χ4n) is 3.54. The summed E-state index contributed by atoms with van der Waals surface area (Å²) in [4.78, 5) is 25.2. The van der Waals surface area contributed by atoms with E-state index in [2.05, 4.69) is 39.6 Å². The van der Waals surface area contributed by atoms with Crippen LogP contribution in [0.2, 0.25) is 0 Å². The van der Waals surface area contributed by atoms with Gasteiger partial charge in [0.15, 0.2) is 5.69 Å². The summed E-state index contributed by atoms with van der Waals surface area (Å²) in [5.41, 5.74) is 3.46. The molecule has 0 atom stereocenters. The summed E-state index contributed by atoms with van der Waals surface area (Å²) in [5, 5.41) is 18.0. The Morgan fingerprint density at radius 1 is 1.17 bits per heavy atom. The Morgan fingerprint density at radius 3 is 2.90 bits per heavy atom. The number of non-ortho nitro benzene ring substituents is 1. The second-order valence-corrected chi connectivity index (χ2v) is 6.90. The number of benzene rings is 2. The van der Waals surface area contributed by atoms with Gasteiger partial charge in [0.25, 0.3) is 11.6 Å². The Morgan fingerprint density at radius 2 is 2.03 bits per heavy atom. The molecule has 4 rings (SSSR count). The molecule has 2 aromatic carbocycles. The van der Waals surface area contributed by atoms with Gasteiger partial charge in [-0.1, -0.05) is 24.3 Å². The van der Waals surface area contributed by atoms with Crippen molar-refractivity contribution < 1.29 is 9.72 Å². The fourth-order valence-corrected chi connectivity index (χ4v) is 3.54. The maximum atomic E-state index is 12.4. The molecule has 3 aromatic rings. The zero-order valence-electron chi connectivity index (χ0n) is 15.8. The molecule has 8 heteroatoms. The van der Waals surface area contributed by atoms with Crippen molar-refractivity contribution in [1.82, 2.24) is 15.1 Å². The molecule has 0 saturated carbocycles. The molecule has 1 amide bonds. The van der Waals surface area contributed by atoms with Crippen LogP contribution in [0.15, 0.2) is 60.8 Å². The number of fused-ring (bicyclic) bond motifs is 1. The first kappa shape index (κ1) is 18.7. The van der Waals surface area contributed by atoms with Crippen LogP contribution in [0.4, 0.5) is 11.4 Å². The number of hydrogen-bond acceptors (Lipinski definition) is 5. The van der Waals surface area contributed by atoms with E-state index in [4.69, 9.17) is 0 Å². The van der Waals surface area contributed by atoms with Crippen LogP contribution in [0.1, 0.15) is 22.5 Å². The van der Waals surface area contributed by atoms with Gasteiger partial charge in [-0.2, -0.15) is 5.10 Å². The van der Waals surface area contributed by atoms with Crippen LogP contribution in [-0.4, -0.2) is 40.2 Å². The molecule has 29 heavy (non-hydrogen) atoms. The monoisotopic (exact) mass is 391 g/mol. The minimum Gasteiger partial charge on any atom is -0.371 e. The molecule has 148 valence electrons. The van der Waals surface area contributed by atoms with E-state index in [1.807, 2.05) is 0 Å². The number of carbonyl (C=O) groups excluding carboxylic acids is 1. The zero-order chi connectivity index (χ0) is 20.2. The molecule has 0 aliphatic carbocycles. The molecule has 1 N–H and O–H groups in total. The van der Waals surface area contributed by atoms with Crippen LogP contribution >= 0.6 is 0 Å². The van der Waals surface area contributed by atoms with Gasteiger partial charge in [0.2, 0.25) is 0 Å². The number of nitrogens with one attached hydrogen (secondary N) is 1. The predicted octanol–water partition coefficient (Wildman–Crippen LogP) is 2.96. The Balaban J connectivity index is 1.30. The number of nitro groups is 1. The average molecular weight is 391 g/mol. The average Bonchev–Trinajstić information content (AvgIpc) is 3.39. The lowest BCUT2D eigenvalue weighted by molar-refractivity contribution is -0.384. The van der Waals surface area contributed by atoms with Gasteiger partial charge in [0.1, 0.15) is 0 Å². The number of para-hydroxylation sites is 1. The largest absolute Gasteiger partial charge is 0.371 e. The van der Waals surface area contributed by atoms with Gasteiger partial charge >= 0.3 is 0 Å². The van der Waals surface area contributed by atoms with Crippen molar-refractivity contribution in [3.63, 3.8) is 0 Å². The summed E-state index contributed by atoms with van der Waals surface area (Å²) in [6.45, 7) is 2.46. The molecular formula is C21H21N5O3. The summed E-state index contributed by atoms with van der Waals surface area (Å²) < 4.78 is 1.46. The highest BCUT2D eigenvalue weighted by molar-refractivity contribution is 5.92. The molecule has 0 radical (unpaired) electrons. The summed E-state index contributed by atoms with van der Waals surface area (Å²) >= 11 is 0. The number of anilines is 1. The van der Waals surface area contributed by atoms with Gasteiger partial charge < -0.3 is 10.2 Å². The van der Waals surface area contributed by atoms with Crippen molar-refractivity contribution >= 4 is 17.3 Å². The van der Waals surface area contributed by atoms with Gasteiger partial charge in [-0.25, -0.2) is 4.68 Å². The first-order valence-corrected chi connectivity index (χ1v) is 9.53. The van der Waals surface area contributed by atoms with E-state index < -0.39 is 4.92 Å². The Kier molecular flexibility index (Phi) is 5.24. The lowest BCUT2D eigenvalue weighted by Crippen LogP contribution is -2.29. The summed E-state index contributed by atoms with van der Waals surface area (Å²) in [6.07, 6.45) is 3.53. The van der Waals surface area contributed by atoms with Crippen molar-refractivity contribution in [1.29, 1.82) is 0 Å². The zero-order valence-corrected chi connectivity index (χ0v) is 15.8. The second-order valence-electron chi connectivity index (χ2n) is 6.90. The Bertz CT molecular complexity index is 1050. The smallest absolute Gasteiger partial charge is 0.271 e. The fraction of sp³-hybridized carbons (Fsp3) is 0.238. The number of nitro benzene ring substituents is 1. The second kappa shape index (κ2) is 8.14. The van der Waals surface area contributed by atoms with E-state index in [-0.39, 0.29) is 17.3 Å². The number of rotatable bonds is 7. The molecule has 0 saturated heterocycles. The van der Waals surface area contributed by atoms with Crippen LogP contribution in [0.25, 0.3) is 5.69 Å². The lowest BCUT2D eigenvalue weighted by atomic mass is 10.2. The summed E-state index contributed by atoms with van der Waals surface area (Å²) in [5.74, 6) is -0.254. The van der Waals surface area contributed by atoms with Crippen LogP contribution < -0.4 is 10.2 Å². The number of hydrogen-bond donors (Lipinski definition) is 1. The third-order valence-corrected chi connectivity index (χ3v) is 5.00. The summed E-state index contributed by atoms with van der Waals surface area (Å²) in [6, 6.07) is 16.1.